The van der Waals surface area contributed by atoms with E-state index in [2.05, 4.69) is 22.4 Å². The van der Waals surface area contributed by atoms with E-state index in [1.165, 1.54) is 6.21 Å². The smallest absolute Gasteiger partial charge is 0.240 e. The fourth-order valence-electron chi connectivity index (χ4n) is 3.77. The summed E-state index contributed by atoms with van der Waals surface area (Å²) < 4.78 is 17.4. The molecule has 3 aromatic rings. The lowest BCUT2D eigenvalue weighted by atomic mass is 10.1. The molecule has 0 aliphatic heterocycles. The van der Waals surface area contributed by atoms with Crippen LogP contribution in [0.4, 0.5) is 5.69 Å². The van der Waals surface area contributed by atoms with Crippen molar-refractivity contribution in [3.05, 3.63) is 94.0 Å². The fourth-order valence-corrected chi connectivity index (χ4v) is 4.23. The van der Waals surface area contributed by atoms with Gasteiger partial charge >= 0.3 is 0 Å². The van der Waals surface area contributed by atoms with E-state index in [0.717, 1.165) is 16.9 Å². The van der Waals surface area contributed by atoms with Crippen molar-refractivity contribution in [2.24, 2.45) is 5.10 Å². The minimum atomic E-state index is -0.390. The molecule has 0 saturated carbocycles. The Morgan fingerprint density at radius 1 is 0.902 bits per heavy atom. The van der Waals surface area contributed by atoms with Gasteiger partial charge in [-0.05, 0) is 74.4 Å². The Kier molecular flexibility index (Phi) is 12.5. The first-order valence-corrected chi connectivity index (χ1v) is 13.9. The number of carbonyl (C=O) groups is 2. The van der Waals surface area contributed by atoms with E-state index < -0.39 is 0 Å². The summed E-state index contributed by atoms with van der Waals surface area (Å²) >= 11 is 12.3. The minimum absolute atomic E-state index is 0.0101. The monoisotopic (exact) mass is 597 g/mol. The molecule has 0 fully saturated rings. The molecule has 0 aliphatic carbocycles. The maximum absolute atomic E-state index is 12.3. The number of hydrazone groups is 1. The number of hydrogen-bond donors (Lipinski definition) is 2. The Balaban J connectivity index is 1.60. The lowest BCUT2D eigenvalue weighted by Crippen LogP contribution is -2.20. The van der Waals surface area contributed by atoms with Crippen LogP contribution in [0.1, 0.15) is 43.4 Å². The van der Waals surface area contributed by atoms with Crippen LogP contribution in [0.25, 0.3) is 0 Å². The SMILES string of the molecule is C=CCc1cc(C=NNC(=O)CCC(=O)Nc2ccc(OCC)cc2)cc(OCC)c1OCc1ccc(Cl)cc1Cl. The highest BCUT2D eigenvalue weighted by Crippen LogP contribution is 2.35. The van der Waals surface area contributed by atoms with Gasteiger partial charge in [-0.15, -0.1) is 6.58 Å². The van der Waals surface area contributed by atoms with Crippen LogP contribution in [0.2, 0.25) is 10.0 Å². The summed E-state index contributed by atoms with van der Waals surface area (Å²) in [5.41, 5.74) is 5.39. The third kappa shape index (κ3) is 10.2. The molecule has 2 N–H and O–H groups in total. The average molecular weight is 599 g/mol. The second-order valence-corrected chi connectivity index (χ2v) is 9.60. The number of rotatable bonds is 15. The van der Waals surface area contributed by atoms with Crippen LogP contribution in [0, 0.1) is 0 Å². The Labute approximate surface area is 250 Å². The van der Waals surface area contributed by atoms with Gasteiger partial charge in [0, 0.05) is 39.7 Å². The van der Waals surface area contributed by atoms with Gasteiger partial charge in [-0.2, -0.15) is 5.10 Å². The minimum Gasteiger partial charge on any atom is -0.494 e. The zero-order chi connectivity index (χ0) is 29.6. The molecule has 0 aromatic heterocycles. The first kappa shape index (κ1) is 31.5. The number of ether oxygens (including phenoxy) is 3. The van der Waals surface area contributed by atoms with Crippen molar-refractivity contribution in [2.75, 3.05) is 18.5 Å². The van der Waals surface area contributed by atoms with Crippen LogP contribution in [0.5, 0.6) is 17.2 Å². The second kappa shape index (κ2) is 16.3. The predicted molar refractivity (Wildman–Crippen MR) is 164 cm³/mol. The largest absolute Gasteiger partial charge is 0.494 e. The summed E-state index contributed by atoms with van der Waals surface area (Å²) in [5.74, 6) is 1.14. The number of halogens is 2. The highest BCUT2D eigenvalue weighted by atomic mass is 35.5. The van der Waals surface area contributed by atoms with Crippen LogP contribution in [0.3, 0.4) is 0 Å². The number of nitrogens with one attached hydrogen (secondary N) is 2. The van der Waals surface area contributed by atoms with Crippen LogP contribution < -0.4 is 25.0 Å². The van der Waals surface area contributed by atoms with Crippen molar-refractivity contribution in [2.45, 2.75) is 39.7 Å². The zero-order valence-corrected chi connectivity index (χ0v) is 24.6. The average Bonchev–Trinajstić information content (AvgIpc) is 2.94. The normalized spacial score (nSPS) is 10.7. The van der Waals surface area contributed by atoms with E-state index in [9.17, 15) is 9.59 Å². The molecule has 3 aromatic carbocycles. The van der Waals surface area contributed by atoms with E-state index in [0.29, 0.717) is 52.4 Å². The first-order valence-electron chi connectivity index (χ1n) is 13.1. The Morgan fingerprint density at radius 3 is 2.32 bits per heavy atom. The molecular formula is C31H33Cl2N3O5. The van der Waals surface area contributed by atoms with Crippen molar-refractivity contribution < 1.29 is 23.8 Å². The molecule has 10 heteroatoms. The third-order valence-electron chi connectivity index (χ3n) is 5.64. The first-order chi connectivity index (χ1) is 19.8. The van der Waals surface area contributed by atoms with Crippen LogP contribution >= 0.6 is 23.2 Å². The molecule has 0 bridgehead atoms. The Morgan fingerprint density at radius 2 is 1.63 bits per heavy atom. The zero-order valence-electron chi connectivity index (χ0n) is 23.0. The molecule has 2 amide bonds. The molecule has 41 heavy (non-hydrogen) atoms. The topological polar surface area (TPSA) is 98.3 Å². The molecule has 0 spiro atoms. The van der Waals surface area contributed by atoms with E-state index >= 15 is 0 Å². The number of benzene rings is 3. The Bertz CT molecular complexity index is 1380. The van der Waals surface area contributed by atoms with Crippen molar-refractivity contribution in [3.63, 3.8) is 0 Å². The van der Waals surface area contributed by atoms with E-state index in [1.807, 2.05) is 26.0 Å². The molecule has 0 heterocycles. The van der Waals surface area contributed by atoms with Gasteiger partial charge in [0.1, 0.15) is 12.4 Å². The van der Waals surface area contributed by atoms with Crippen LogP contribution in [-0.2, 0) is 22.6 Å². The summed E-state index contributed by atoms with van der Waals surface area (Å²) in [6, 6.07) is 15.9. The summed E-state index contributed by atoms with van der Waals surface area (Å²) in [6.07, 6.45) is 3.77. The van der Waals surface area contributed by atoms with E-state index in [-0.39, 0.29) is 31.3 Å². The summed E-state index contributed by atoms with van der Waals surface area (Å²) in [4.78, 5) is 24.5. The molecule has 0 unspecified atom stereocenters. The van der Waals surface area contributed by atoms with Crippen molar-refractivity contribution in [1.82, 2.24) is 5.43 Å². The molecule has 216 valence electrons. The summed E-state index contributed by atoms with van der Waals surface area (Å²) in [7, 11) is 0. The predicted octanol–water partition coefficient (Wildman–Crippen LogP) is 6.97. The van der Waals surface area contributed by atoms with Crippen molar-refractivity contribution in [1.29, 1.82) is 0 Å². The van der Waals surface area contributed by atoms with E-state index in [1.54, 1.807) is 48.5 Å². The molecular weight excluding hydrogens is 565 g/mol. The summed E-state index contributed by atoms with van der Waals surface area (Å²) in [5, 5.41) is 7.86. The standard InChI is InChI=1S/C31H33Cl2N3O5/c1-4-7-22-16-21(17-28(40-6-3)31(22)41-20-23-8-9-24(32)18-27(23)33)19-34-36-30(38)15-14-29(37)35-25-10-12-26(13-11-25)39-5-2/h4,8-13,16-19H,1,5-7,14-15,20H2,2-3H3,(H,35,37)(H,36,38). The maximum atomic E-state index is 12.3. The lowest BCUT2D eigenvalue weighted by molar-refractivity contribution is -0.124. The molecule has 0 atom stereocenters. The highest BCUT2D eigenvalue weighted by molar-refractivity contribution is 6.35. The van der Waals surface area contributed by atoms with Gasteiger partial charge in [0.05, 0.1) is 19.4 Å². The summed E-state index contributed by atoms with van der Waals surface area (Å²) in [6.45, 7) is 8.81. The van der Waals surface area contributed by atoms with Gasteiger partial charge in [0.2, 0.25) is 11.8 Å². The van der Waals surface area contributed by atoms with Gasteiger partial charge in [-0.3, -0.25) is 9.59 Å². The molecule has 0 radical (unpaired) electrons. The van der Waals surface area contributed by atoms with Gasteiger partial charge in [0.25, 0.3) is 0 Å². The molecule has 0 saturated heterocycles. The third-order valence-corrected chi connectivity index (χ3v) is 6.22. The van der Waals surface area contributed by atoms with Crippen LogP contribution in [-0.4, -0.2) is 31.2 Å². The van der Waals surface area contributed by atoms with Gasteiger partial charge in [-0.1, -0.05) is 35.3 Å². The Hall–Kier alpha value is -4.01. The second-order valence-electron chi connectivity index (χ2n) is 8.76. The molecule has 0 aliphatic rings. The number of nitrogens with zero attached hydrogens (tertiary/aromatic N) is 1. The molecule has 3 rings (SSSR count). The van der Waals surface area contributed by atoms with Gasteiger partial charge in [-0.25, -0.2) is 5.43 Å². The lowest BCUT2D eigenvalue weighted by Gasteiger charge is -2.17. The number of hydrogen-bond acceptors (Lipinski definition) is 6. The van der Waals surface area contributed by atoms with Gasteiger partial charge < -0.3 is 19.5 Å². The number of carbonyl (C=O) groups excluding carboxylic acids is 2. The number of allylic oxidation sites excluding steroid dienone is 1. The number of amides is 2. The fraction of sp³-hybridized carbons (Fsp3) is 0.258. The highest BCUT2D eigenvalue weighted by Gasteiger charge is 2.14. The van der Waals surface area contributed by atoms with Crippen LogP contribution in [0.15, 0.2) is 72.4 Å². The van der Waals surface area contributed by atoms with Gasteiger partial charge in [0.15, 0.2) is 11.5 Å². The number of anilines is 1. The molecule has 8 nitrogen and oxygen atoms in total. The van der Waals surface area contributed by atoms with Crippen molar-refractivity contribution >= 4 is 46.9 Å². The van der Waals surface area contributed by atoms with E-state index in [4.69, 9.17) is 37.4 Å². The quantitative estimate of drug-likeness (QED) is 0.112. The maximum Gasteiger partial charge on any atom is 0.240 e. The van der Waals surface area contributed by atoms with Crippen molar-refractivity contribution in [3.8, 4) is 17.2 Å².